The first-order valence-electron chi connectivity index (χ1n) is 5.79. The lowest BCUT2D eigenvalue weighted by Crippen LogP contribution is -2.08. The highest BCUT2D eigenvalue weighted by Crippen LogP contribution is 2.31. The molecule has 0 fully saturated rings. The number of aryl methyl sites for hydroxylation is 1. The summed E-state index contributed by atoms with van der Waals surface area (Å²) in [6, 6.07) is 0. The topological polar surface area (TPSA) is 34.1 Å². The SMILES string of the molecule is CCc1nc(C(OC)C(C)C)sc1CNC. The van der Waals surface area contributed by atoms with Gasteiger partial charge in [-0.1, -0.05) is 20.8 Å². The largest absolute Gasteiger partial charge is 0.374 e. The minimum absolute atomic E-state index is 0.126. The quantitative estimate of drug-likeness (QED) is 0.833. The third-order valence-electron chi connectivity index (χ3n) is 2.57. The van der Waals surface area contributed by atoms with Crippen LogP contribution in [-0.4, -0.2) is 19.1 Å². The Morgan fingerprint density at radius 2 is 2.12 bits per heavy atom. The standard InChI is InChI=1S/C12H22N2OS/c1-6-9-10(7-13-4)16-12(14-9)11(15-5)8(2)3/h8,11,13H,6-7H2,1-5H3. The van der Waals surface area contributed by atoms with Crippen molar-refractivity contribution in [1.29, 1.82) is 0 Å². The summed E-state index contributed by atoms with van der Waals surface area (Å²) >= 11 is 1.77. The number of nitrogens with one attached hydrogen (secondary N) is 1. The summed E-state index contributed by atoms with van der Waals surface area (Å²) in [4.78, 5) is 6.03. The molecule has 0 saturated heterocycles. The Kier molecular flexibility index (Phi) is 5.38. The van der Waals surface area contributed by atoms with Crippen molar-refractivity contribution >= 4 is 11.3 Å². The molecule has 0 spiro atoms. The molecule has 92 valence electrons. The number of ether oxygens (including phenoxy) is 1. The Hall–Kier alpha value is -0.450. The third kappa shape index (κ3) is 3.03. The number of methoxy groups -OCH3 is 1. The maximum Gasteiger partial charge on any atom is 0.122 e. The first-order chi connectivity index (χ1) is 7.63. The summed E-state index contributed by atoms with van der Waals surface area (Å²) in [5.41, 5.74) is 1.21. The normalized spacial score (nSPS) is 13.4. The molecular formula is C12H22N2OS. The first-order valence-corrected chi connectivity index (χ1v) is 6.61. The van der Waals surface area contributed by atoms with Crippen LogP contribution in [0.1, 0.15) is 42.5 Å². The van der Waals surface area contributed by atoms with E-state index in [2.05, 4.69) is 26.1 Å². The monoisotopic (exact) mass is 242 g/mol. The molecule has 1 aromatic rings. The van der Waals surface area contributed by atoms with Crippen molar-refractivity contribution in [2.45, 2.75) is 39.8 Å². The molecule has 0 aliphatic heterocycles. The van der Waals surface area contributed by atoms with Crippen LogP contribution in [0, 0.1) is 5.92 Å². The van der Waals surface area contributed by atoms with Crippen LogP contribution in [-0.2, 0) is 17.7 Å². The van der Waals surface area contributed by atoms with Crippen molar-refractivity contribution in [2.75, 3.05) is 14.2 Å². The molecule has 1 aromatic heterocycles. The van der Waals surface area contributed by atoms with Crippen LogP contribution >= 0.6 is 11.3 Å². The van der Waals surface area contributed by atoms with Gasteiger partial charge in [-0.05, 0) is 19.4 Å². The van der Waals surface area contributed by atoms with E-state index < -0.39 is 0 Å². The van der Waals surface area contributed by atoms with E-state index in [-0.39, 0.29) is 6.10 Å². The molecule has 1 atom stereocenters. The van der Waals surface area contributed by atoms with Crippen LogP contribution in [0.3, 0.4) is 0 Å². The van der Waals surface area contributed by atoms with Gasteiger partial charge in [0.15, 0.2) is 0 Å². The van der Waals surface area contributed by atoms with E-state index in [0.717, 1.165) is 18.0 Å². The maximum atomic E-state index is 5.52. The fourth-order valence-corrected chi connectivity index (χ4v) is 3.18. The van der Waals surface area contributed by atoms with Crippen LogP contribution < -0.4 is 5.32 Å². The van der Waals surface area contributed by atoms with Crippen molar-refractivity contribution in [3.8, 4) is 0 Å². The first kappa shape index (κ1) is 13.6. The molecule has 4 heteroatoms. The lowest BCUT2D eigenvalue weighted by Gasteiger charge is -2.15. The minimum Gasteiger partial charge on any atom is -0.374 e. The Balaban J connectivity index is 2.96. The maximum absolute atomic E-state index is 5.52. The van der Waals surface area contributed by atoms with Crippen LogP contribution in [0.5, 0.6) is 0 Å². The number of hydrogen-bond acceptors (Lipinski definition) is 4. The fraction of sp³-hybridized carbons (Fsp3) is 0.750. The predicted molar refractivity (Wildman–Crippen MR) is 68.8 cm³/mol. The molecule has 1 heterocycles. The molecule has 0 aliphatic rings. The third-order valence-corrected chi connectivity index (χ3v) is 3.73. The number of nitrogens with zero attached hydrogens (tertiary/aromatic N) is 1. The average Bonchev–Trinajstić information content (AvgIpc) is 2.62. The second-order valence-electron chi connectivity index (χ2n) is 4.21. The molecule has 0 aromatic carbocycles. The highest BCUT2D eigenvalue weighted by atomic mass is 32.1. The Bertz CT molecular complexity index is 323. The second kappa shape index (κ2) is 6.33. The zero-order valence-electron chi connectivity index (χ0n) is 10.8. The van der Waals surface area contributed by atoms with E-state index >= 15 is 0 Å². The summed E-state index contributed by atoms with van der Waals surface area (Å²) in [6.07, 6.45) is 1.11. The number of thiazole rings is 1. The Morgan fingerprint density at radius 1 is 1.44 bits per heavy atom. The van der Waals surface area contributed by atoms with Crippen molar-refractivity contribution < 1.29 is 4.74 Å². The molecule has 0 aliphatic carbocycles. The predicted octanol–water partition coefficient (Wildman–Crippen LogP) is 2.77. The summed E-state index contributed by atoms with van der Waals surface area (Å²) in [6.45, 7) is 7.38. The molecular weight excluding hydrogens is 220 g/mol. The highest BCUT2D eigenvalue weighted by molar-refractivity contribution is 7.11. The van der Waals surface area contributed by atoms with Gasteiger partial charge in [-0.2, -0.15) is 0 Å². The number of aromatic nitrogens is 1. The zero-order chi connectivity index (χ0) is 12.1. The van der Waals surface area contributed by atoms with Gasteiger partial charge in [-0.25, -0.2) is 4.98 Å². The van der Waals surface area contributed by atoms with Gasteiger partial charge in [-0.15, -0.1) is 11.3 Å². The van der Waals surface area contributed by atoms with E-state index in [9.17, 15) is 0 Å². The number of rotatable bonds is 6. The van der Waals surface area contributed by atoms with Crippen LogP contribution in [0.15, 0.2) is 0 Å². The molecule has 1 N–H and O–H groups in total. The van der Waals surface area contributed by atoms with Crippen molar-refractivity contribution in [2.24, 2.45) is 5.92 Å². The van der Waals surface area contributed by atoms with Gasteiger partial charge in [0.05, 0.1) is 5.69 Å². The van der Waals surface area contributed by atoms with E-state index in [1.54, 1.807) is 18.4 Å². The van der Waals surface area contributed by atoms with Crippen molar-refractivity contribution in [1.82, 2.24) is 10.3 Å². The summed E-state index contributed by atoms with van der Waals surface area (Å²) in [5, 5.41) is 4.30. The van der Waals surface area contributed by atoms with Gasteiger partial charge >= 0.3 is 0 Å². The lowest BCUT2D eigenvalue weighted by atomic mass is 10.1. The molecule has 3 nitrogen and oxygen atoms in total. The Morgan fingerprint density at radius 3 is 2.56 bits per heavy atom. The minimum atomic E-state index is 0.126. The van der Waals surface area contributed by atoms with Gasteiger partial charge in [-0.3, -0.25) is 0 Å². The van der Waals surface area contributed by atoms with Crippen molar-refractivity contribution in [3.05, 3.63) is 15.6 Å². The fourth-order valence-electron chi connectivity index (χ4n) is 1.76. The van der Waals surface area contributed by atoms with E-state index in [0.29, 0.717) is 5.92 Å². The van der Waals surface area contributed by atoms with Gasteiger partial charge < -0.3 is 10.1 Å². The van der Waals surface area contributed by atoms with Gasteiger partial charge in [0.2, 0.25) is 0 Å². The number of hydrogen-bond donors (Lipinski definition) is 1. The molecule has 0 bridgehead atoms. The summed E-state index contributed by atoms with van der Waals surface area (Å²) < 4.78 is 5.52. The highest BCUT2D eigenvalue weighted by Gasteiger charge is 2.20. The second-order valence-corrected chi connectivity index (χ2v) is 5.32. The van der Waals surface area contributed by atoms with Gasteiger partial charge in [0.25, 0.3) is 0 Å². The molecule has 1 unspecified atom stereocenters. The lowest BCUT2D eigenvalue weighted by molar-refractivity contribution is 0.0643. The van der Waals surface area contributed by atoms with E-state index in [1.807, 2.05) is 7.05 Å². The zero-order valence-corrected chi connectivity index (χ0v) is 11.6. The van der Waals surface area contributed by atoms with Gasteiger partial charge in [0, 0.05) is 18.5 Å². The smallest absolute Gasteiger partial charge is 0.122 e. The van der Waals surface area contributed by atoms with Gasteiger partial charge in [0.1, 0.15) is 11.1 Å². The Labute approximate surface area is 102 Å². The molecule has 1 rings (SSSR count). The summed E-state index contributed by atoms with van der Waals surface area (Å²) in [5.74, 6) is 0.461. The average molecular weight is 242 g/mol. The van der Waals surface area contributed by atoms with Crippen molar-refractivity contribution in [3.63, 3.8) is 0 Å². The molecule has 0 radical (unpaired) electrons. The summed E-state index contributed by atoms with van der Waals surface area (Å²) in [7, 11) is 3.73. The molecule has 0 amide bonds. The van der Waals surface area contributed by atoms with Crippen LogP contribution in [0.2, 0.25) is 0 Å². The van der Waals surface area contributed by atoms with E-state index in [4.69, 9.17) is 9.72 Å². The van der Waals surface area contributed by atoms with Crippen LogP contribution in [0.4, 0.5) is 0 Å². The molecule has 0 saturated carbocycles. The van der Waals surface area contributed by atoms with E-state index in [1.165, 1.54) is 10.6 Å². The van der Waals surface area contributed by atoms with Crippen LogP contribution in [0.25, 0.3) is 0 Å². The molecule has 16 heavy (non-hydrogen) atoms.